The summed E-state index contributed by atoms with van der Waals surface area (Å²) in [6.45, 7) is 0. The number of amides is 2. The molecule has 4 rings (SSSR count). The fraction of sp³-hybridized carbons (Fsp3) is 0.158. The van der Waals surface area contributed by atoms with E-state index in [2.05, 4.69) is 10.5 Å². The predicted octanol–water partition coefficient (Wildman–Crippen LogP) is 3.16. The lowest BCUT2D eigenvalue weighted by molar-refractivity contribution is -0.133. The second kappa shape index (κ2) is 7.02. The van der Waals surface area contributed by atoms with Crippen LogP contribution in [0.15, 0.2) is 47.6 Å². The Bertz CT molecular complexity index is 1070. The van der Waals surface area contributed by atoms with Crippen LogP contribution in [0, 0.1) is 5.92 Å². The van der Waals surface area contributed by atoms with Crippen LogP contribution in [0.5, 0.6) is 0 Å². The number of hydrogen-bond acceptors (Lipinski definition) is 6. The first kappa shape index (κ1) is 19.7. The molecule has 1 fully saturated rings. The number of hydrazone groups is 1. The van der Waals surface area contributed by atoms with E-state index in [4.69, 9.17) is 39.5 Å². The Morgan fingerprint density at radius 1 is 1.07 bits per heavy atom. The summed E-state index contributed by atoms with van der Waals surface area (Å²) in [5, 5.41) is 4.91. The lowest BCUT2D eigenvalue weighted by Crippen LogP contribution is -2.48. The molecular weight excluding hydrogens is 441 g/mol. The number of esters is 1. The Kier molecular flexibility index (Phi) is 4.77. The molecule has 1 saturated heterocycles. The van der Waals surface area contributed by atoms with Crippen molar-refractivity contribution >= 4 is 64.0 Å². The number of nitrogens with one attached hydrogen (secondary N) is 1. The molecule has 2 aromatic rings. The molecule has 2 amide bonds. The quantitative estimate of drug-likeness (QED) is 0.571. The molecule has 2 atom stereocenters. The van der Waals surface area contributed by atoms with Crippen molar-refractivity contribution in [3.05, 3.63) is 63.1 Å². The van der Waals surface area contributed by atoms with Crippen LogP contribution in [0.4, 0.5) is 5.69 Å². The zero-order chi connectivity index (χ0) is 20.9. The van der Waals surface area contributed by atoms with E-state index in [1.807, 2.05) is 0 Å². The zero-order valence-corrected chi connectivity index (χ0v) is 17.0. The molecule has 0 unspecified atom stereocenters. The van der Waals surface area contributed by atoms with Gasteiger partial charge >= 0.3 is 5.97 Å². The summed E-state index contributed by atoms with van der Waals surface area (Å²) in [7, 11) is 1.17. The molecule has 0 bridgehead atoms. The minimum absolute atomic E-state index is 0.186. The van der Waals surface area contributed by atoms with Crippen LogP contribution in [-0.2, 0) is 24.7 Å². The maximum absolute atomic E-state index is 13.6. The molecule has 7 nitrogen and oxygen atoms in total. The standard InChI is InChI=1S/C19H12Cl3N3O4/c1-29-17(27)15-14-16(26)25(13-7-11(21)6-12(22)8-13)18(28)19(14,24-23-15)9-2-4-10(20)5-3-9/h2-8,14,24H,1H3/t14-,19+/m0/s1. The first-order valence-electron chi connectivity index (χ1n) is 8.33. The van der Waals surface area contributed by atoms with Gasteiger partial charge in [0.25, 0.3) is 5.91 Å². The van der Waals surface area contributed by atoms with Crippen molar-refractivity contribution in [1.29, 1.82) is 0 Å². The molecule has 29 heavy (non-hydrogen) atoms. The van der Waals surface area contributed by atoms with Gasteiger partial charge in [0, 0.05) is 15.1 Å². The van der Waals surface area contributed by atoms with Crippen LogP contribution < -0.4 is 10.3 Å². The van der Waals surface area contributed by atoms with Gasteiger partial charge in [-0.05, 0) is 35.9 Å². The van der Waals surface area contributed by atoms with Gasteiger partial charge in [-0.15, -0.1) is 0 Å². The van der Waals surface area contributed by atoms with Gasteiger partial charge in [-0.1, -0.05) is 46.9 Å². The monoisotopic (exact) mass is 451 g/mol. The van der Waals surface area contributed by atoms with Gasteiger partial charge in [0.05, 0.1) is 12.8 Å². The molecule has 1 N–H and O–H groups in total. The summed E-state index contributed by atoms with van der Waals surface area (Å²) in [5.74, 6) is -3.33. The first-order chi connectivity index (χ1) is 13.8. The number of halogens is 3. The molecule has 2 heterocycles. The molecule has 0 saturated carbocycles. The lowest BCUT2D eigenvalue weighted by Gasteiger charge is -2.26. The van der Waals surface area contributed by atoms with Crippen molar-refractivity contribution in [3.63, 3.8) is 0 Å². The van der Waals surface area contributed by atoms with Crippen LogP contribution in [0.1, 0.15) is 5.56 Å². The van der Waals surface area contributed by atoms with Crippen molar-refractivity contribution < 1.29 is 19.1 Å². The van der Waals surface area contributed by atoms with E-state index in [0.717, 1.165) is 4.90 Å². The van der Waals surface area contributed by atoms with E-state index >= 15 is 0 Å². The van der Waals surface area contributed by atoms with E-state index in [-0.39, 0.29) is 21.4 Å². The summed E-state index contributed by atoms with van der Waals surface area (Å²) in [4.78, 5) is 40.1. The highest BCUT2D eigenvalue weighted by atomic mass is 35.5. The summed E-state index contributed by atoms with van der Waals surface area (Å²) < 4.78 is 4.75. The van der Waals surface area contributed by atoms with Crippen molar-refractivity contribution in [2.24, 2.45) is 11.0 Å². The SMILES string of the molecule is COC(=O)C1=NN[C@@]2(c3ccc(Cl)cc3)C(=O)N(c3cc(Cl)cc(Cl)c3)C(=O)[C@H]12. The molecule has 2 aliphatic rings. The average Bonchev–Trinajstić information content (AvgIpc) is 3.17. The normalized spacial score (nSPS) is 23.0. The van der Waals surface area contributed by atoms with E-state index < -0.39 is 29.2 Å². The highest BCUT2D eigenvalue weighted by molar-refractivity contribution is 6.47. The molecular formula is C19H12Cl3N3O4. The number of benzene rings is 2. The van der Waals surface area contributed by atoms with Gasteiger partial charge in [0.2, 0.25) is 5.91 Å². The highest BCUT2D eigenvalue weighted by Gasteiger charge is 2.67. The number of fused-ring (bicyclic) bond motifs is 1. The highest BCUT2D eigenvalue weighted by Crippen LogP contribution is 2.45. The molecule has 2 aromatic carbocycles. The van der Waals surface area contributed by atoms with Crippen molar-refractivity contribution in [1.82, 2.24) is 5.43 Å². The molecule has 10 heteroatoms. The Labute approximate surface area is 180 Å². The third kappa shape index (κ3) is 2.88. The Hall–Kier alpha value is -2.61. The van der Waals surface area contributed by atoms with Gasteiger partial charge < -0.3 is 4.74 Å². The minimum Gasteiger partial charge on any atom is -0.464 e. The van der Waals surface area contributed by atoms with Crippen LogP contribution in [0.2, 0.25) is 15.1 Å². The summed E-state index contributed by atoms with van der Waals surface area (Å²) in [6, 6.07) is 10.7. The number of nitrogens with zero attached hydrogens (tertiary/aromatic N) is 2. The fourth-order valence-electron chi connectivity index (χ4n) is 3.61. The predicted molar refractivity (Wildman–Crippen MR) is 108 cm³/mol. The van der Waals surface area contributed by atoms with Gasteiger partial charge in [-0.3, -0.25) is 15.0 Å². The summed E-state index contributed by atoms with van der Waals surface area (Å²) in [5.41, 5.74) is 1.49. The molecule has 2 aliphatic heterocycles. The van der Waals surface area contributed by atoms with E-state index in [9.17, 15) is 14.4 Å². The molecule has 0 aliphatic carbocycles. The summed E-state index contributed by atoms with van der Waals surface area (Å²) in [6.07, 6.45) is 0. The van der Waals surface area contributed by atoms with Gasteiger partial charge in [0.15, 0.2) is 11.3 Å². The number of methoxy groups -OCH3 is 1. The van der Waals surface area contributed by atoms with Crippen LogP contribution in [0.3, 0.4) is 0 Å². The van der Waals surface area contributed by atoms with Crippen molar-refractivity contribution in [2.75, 3.05) is 12.0 Å². The second-order valence-corrected chi connectivity index (χ2v) is 7.76. The van der Waals surface area contributed by atoms with Crippen LogP contribution in [0.25, 0.3) is 0 Å². The number of carbonyl (C=O) groups is 3. The fourth-order valence-corrected chi connectivity index (χ4v) is 4.25. The van der Waals surface area contributed by atoms with E-state index in [1.54, 1.807) is 24.3 Å². The third-order valence-electron chi connectivity index (χ3n) is 4.87. The number of imide groups is 1. The van der Waals surface area contributed by atoms with Crippen LogP contribution in [-0.4, -0.2) is 30.6 Å². The number of carbonyl (C=O) groups excluding carboxylic acids is 3. The summed E-state index contributed by atoms with van der Waals surface area (Å²) >= 11 is 18.1. The Morgan fingerprint density at radius 3 is 2.28 bits per heavy atom. The smallest absolute Gasteiger partial charge is 0.355 e. The molecule has 0 radical (unpaired) electrons. The minimum atomic E-state index is -1.63. The average molecular weight is 453 g/mol. The second-order valence-electron chi connectivity index (χ2n) is 6.45. The topological polar surface area (TPSA) is 88.1 Å². The van der Waals surface area contributed by atoms with Gasteiger partial charge in [-0.2, -0.15) is 5.10 Å². The lowest BCUT2D eigenvalue weighted by atomic mass is 9.79. The third-order valence-corrected chi connectivity index (χ3v) is 5.55. The largest absolute Gasteiger partial charge is 0.464 e. The van der Waals surface area contributed by atoms with Gasteiger partial charge in [0.1, 0.15) is 5.92 Å². The molecule has 0 aromatic heterocycles. The maximum Gasteiger partial charge on any atom is 0.355 e. The zero-order valence-electron chi connectivity index (χ0n) is 14.8. The van der Waals surface area contributed by atoms with E-state index in [1.165, 1.54) is 25.3 Å². The Morgan fingerprint density at radius 2 is 1.69 bits per heavy atom. The van der Waals surface area contributed by atoms with Crippen molar-refractivity contribution in [3.8, 4) is 0 Å². The number of anilines is 1. The molecule has 148 valence electrons. The van der Waals surface area contributed by atoms with Crippen LogP contribution >= 0.6 is 34.8 Å². The van der Waals surface area contributed by atoms with Crippen molar-refractivity contribution in [2.45, 2.75) is 5.54 Å². The number of rotatable bonds is 3. The van der Waals surface area contributed by atoms with E-state index in [0.29, 0.717) is 10.6 Å². The molecule has 0 spiro atoms. The number of hydrogen-bond donors (Lipinski definition) is 1. The maximum atomic E-state index is 13.6. The first-order valence-corrected chi connectivity index (χ1v) is 9.46. The Balaban J connectivity index is 1.91. The number of ether oxygens (including phenoxy) is 1. The van der Waals surface area contributed by atoms with Gasteiger partial charge in [-0.25, -0.2) is 9.69 Å².